The predicted octanol–water partition coefficient (Wildman–Crippen LogP) is 2.33. The molecule has 0 fully saturated rings. The van der Waals surface area contributed by atoms with Crippen molar-refractivity contribution < 1.29 is 9.34 Å². The first-order valence-corrected chi connectivity index (χ1v) is 5.82. The lowest BCUT2D eigenvalue weighted by Gasteiger charge is -1.99. The Bertz CT molecular complexity index is 592. The predicted molar refractivity (Wildman–Crippen MR) is 65.4 cm³/mol. The lowest BCUT2D eigenvalue weighted by atomic mass is 10.4. The molecule has 0 saturated carbocycles. The topological polar surface area (TPSA) is 108 Å². The van der Waals surface area contributed by atoms with Gasteiger partial charge in [-0.25, -0.2) is 9.97 Å². The average molecular weight is 266 g/mol. The number of oxazole rings is 1. The van der Waals surface area contributed by atoms with Gasteiger partial charge in [0.05, 0.1) is 10.6 Å². The molecule has 0 atom stereocenters. The van der Waals surface area contributed by atoms with Crippen LogP contribution >= 0.6 is 11.8 Å². The number of hydrogen-bond acceptors (Lipinski definition) is 7. The monoisotopic (exact) mass is 266 g/mol. The van der Waals surface area contributed by atoms with Gasteiger partial charge in [-0.15, -0.1) is 0 Å². The van der Waals surface area contributed by atoms with Crippen LogP contribution in [0.1, 0.15) is 11.5 Å². The van der Waals surface area contributed by atoms with E-state index in [1.807, 2.05) is 13.8 Å². The zero-order chi connectivity index (χ0) is 13.3. The molecule has 0 unspecified atom stereocenters. The number of rotatable bonds is 3. The lowest BCUT2D eigenvalue weighted by molar-refractivity contribution is -0.384. The number of aromatic nitrogens is 2. The second-order valence-electron chi connectivity index (χ2n) is 3.53. The van der Waals surface area contributed by atoms with E-state index in [2.05, 4.69) is 9.97 Å². The quantitative estimate of drug-likeness (QED) is 0.670. The van der Waals surface area contributed by atoms with E-state index in [1.165, 1.54) is 23.9 Å². The summed E-state index contributed by atoms with van der Waals surface area (Å²) >= 11 is 1.17. The molecule has 0 bridgehead atoms. The van der Waals surface area contributed by atoms with Gasteiger partial charge in [-0.1, -0.05) is 0 Å². The first kappa shape index (κ1) is 12.4. The number of nitrogens with zero attached hydrogens (tertiary/aromatic N) is 3. The number of pyridine rings is 1. The molecule has 2 heterocycles. The maximum Gasteiger partial charge on any atom is 0.311 e. The summed E-state index contributed by atoms with van der Waals surface area (Å²) in [6, 6.07) is 2.82. The number of nitrogen functional groups attached to an aromatic ring is 1. The van der Waals surface area contributed by atoms with Crippen molar-refractivity contribution in [1.29, 1.82) is 0 Å². The molecule has 2 rings (SSSR count). The average Bonchev–Trinajstić information content (AvgIpc) is 2.57. The highest BCUT2D eigenvalue weighted by molar-refractivity contribution is 7.99. The largest absolute Gasteiger partial charge is 0.436 e. The van der Waals surface area contributed by atoms with Crippen molar-refractivity contribution in [3.05, 3.63) is 33.7 Å². The van der Waals surface area contributed by atoms with E-state index in [9.17, 15) is 10.1 Å². The highest BCUT2D eigenvalue weighted by Crippen LogP contribution is 2.29. The molecular weight excluding hydrogens is 256 g/mol. The lowest BCUT2D eigenvalue weighted by Crippen LogP contribution is -1.98. The Balaban J connectivity index is 2.25. The molecule has 0 spiro atoms. The first-order chi connectivity index (χ1) is 8.47. The number of nitro groups is 1. The van der Waals surface area contributed by atoms with Gasteiger partial charge < -0.3 is 10.2 Å². The highest BCUT2D eigenvalue weighted by Gasteiger charge is 2.15. The Hall–Kier alpha value is -2.09. The van der Waals surface area contributed by atoms with Crippen LogP contribution in [0.15, 0.2) is 26.8 Å². The van der Waals surface area contributed by atoms with Gasteiger partial charge in [0.25, 0.3) is 5.22 Å². The molecule has 2 aromatic rings. The second kappa shape index (κ2) is 4.65. The molecule has 18 heavy (non-hydrogen) atoms. The van der Waals surface area contributed by atoms with Crippen LogP contribution in [0.2, 0.25) is 0 Å². The van der Waals surface area contributed by atoms with Crippen molar-refractivity contribution in [1.82, 2.24) is 9.97 Å². The standard InChI is InChI=1S/C10H10N4O3S/c1-5-6(2)17-10(12-5)18-8-4-3-7(14(15)16)9(11)13-8/h3-4H,1-2H3,(H2,11,13). The molecule has 94 valence electrons. The summed E-state index contributed by atoms with van der Waals surface area (Å²) in [5, 5.41) is 11.5. The molecule has 0 aromatic carbocycles. The third-order valence-electron chi connectivity index (χ3n) is 2.27. The summed E-state index contributed by atoms with van der Waals surface area (Å²) in [5.74, 6) is 0.609. The van der Waals surface area contributed by atoms with Gasteiger partial charge in [-0.3, -0.25) is 10.1 Å². The Morgan fingerprint density at radius 2 is 2.11 bits per heavy atom. The van der Waals surface area contributed by atoms with Crippen LogP contribution in [-0.4, -0.2) is 14.9 Å². The van der Waals surface area contributed by atoms with Crippen molar-refractivity contribution >= 4 is 23.3 Å². The van der Waals surface area contributed by atoms with Crippen molar-refractivity contribution in [3.8, 4) is 0 Å². The Morgan fingerprint density at radius 3 is 2.61 bits per heavy atom. The van der Waals surface area contributed by atoms with Gasteiger partial charge >= 0.3 is 5.69 Å². The van der Waals surface area contributed by atoms with Crippen LogP contribution in [0.25, 0.3) is 0 Å². The fraction of sp³-hybridized carbons (Fsp3) is 0.200. The maximum absolute atomic E-state index is 10.6. The smallest absolute Gasteiger partial charge is 0.311 e. The van der Waals surface area contributed by atoms with Gasteiger partial charge in [-0.2, -0.15) is 0 Å². The molecule has 8 heteroatoms. The molecule has 0 aliphatic carbocycles. The Morgan fingerprint density at radius 1 is 1.39 bits per heavy atom. The summed E-state index contributed by atoms with van der Waals surface area (Å²) in [4.78, 5) is 18.1. The first-order valence-electron chi connectivity index (χ1n) is 5.00. The van der Waals surface area contributed by atoms with E-state index >= 15 is 0 Å². The van der Waals surface area contributed by atoms with E-state index in [0.29, 0.717) is 10.2 Å². The van der Waals surface area contributed by atoms with E-state index in [-0.39, 0.29) is 11.5 Å². The summed E-state index contributed by atoms with van der Waals surface area (Å²) < 4.78 is 5.37. The highest BCUT2D eigenvalue weighted by atomic mass is 32.2. The zero-order valence-corrected chi connectivity index (χ0v) is 10.5. The van der Waals surface area contributed by atoms with Crippen LogP contribution < -0.4 is 5.73 Å². The van der Waals surface area contributed by atoms with Crippen molar-refractivity contribution in [2.45, 2.75) is 24.1 Å². The summed E-state index contributed by atoms with van der Waals surface area (Å²) in [6.07, 6.45) is 0. The molecule has 0 aliphatic rings. The summed E-state index contributed by atoms with van der Waals surface area (Å²) in [6.45, 7) is 3.64. The van der Waals surface area contributed by atoms with Crippen LogP contribution in [0.4, 0.5) is 11.5 Å². The van der Waals surface area contributed by atoms with Crippen molar-refractivity contribution in [3.63, 3.8) is 0 Å². The Kier molecular flexibility index (Phi) is 3.19. The van der Waals surface area contributed by atoms with E-state index in [0.717, 1.165) is 11.5 Å². The molecule has 2 N–H and O–H groups in total. The van der Waals surface area contributed by atoms with E-state index in [4.69, 9.17) is 10.2 Å². The van der Waals surface area contributed by atoms with Gasteiger partial charge in [0, 0.05) is 6.07 Å². The van der Waals surface area contributed by atoms with Gasteiger partial charge in [0.1, 0.15) is 10.8 Å². The van der Waals surface area contributed by atoms with Crippen molar-refractivity contribution in [2.24, 2.45) is 0 Å². The van der Waals surface area contributed by atoms with Gasteiger partial charge in [0.15, 0.2) is 0 Å². The van der Waals surface area contributed by atoms with Crippen molar-refractivity contribution in [2.75, 3.05) is 5.73 Å². The summed E-state index contributed by atoms with van der Waals surface area (Å²) in [5.41, 5.74) is 6.08. The third kappa shape index (κ3) is 2.43. The van der Waals surface area contributed by atoms with Crippen LogP contribution in [0.3, 0.4) is 0 Å². The number of anilines is 1. The fourth-order valence-electron chi connectivity index (χ4n) is 1.24. The molecule has 2 aromatic heterocycles. The number of hydrogen-bond donors (Lipinski definition) is 1. The van der Waals surface area contributed by atoms with Crippen LogP contribution in [0, 0.1) is 24.0 Å². The van der Waals surface area contributed by atoms with E-state index < -0.39 is 4.92 Å². The SMILES string of the molecule is Cc1nc(Sc2ccc([N+](=O)[O-])c(N)n2)oc1C. The second-order valence-corrected chi connectivity index (χ2v) is 4.51. The minimum atomic E-state index is -0.573. The normalized spacial score (nSPS) is 10.6. The molecule has 7 nitrogen and oxygen atoms in total. The Labute approximate surface area is 107 Å². The molecule has 0 radical (unpaired) electrons. The molecule has 0 amide bonds. The molecule has 0 saturated heterocycles. The maximum atomic E-state index is 10.6. The van der Waals surface area contributed by atoms with Gasteiger partial charge in [0.2, 0.25) is 5.82 Å². The zero-order valence-electron chi connectivity index (χ0n) is 9.71. The number of aryl methyl sites for hydroxylation is 2. The van der Waals surface area contributed by atoms with Gasteiger partial charge in [-0.05, 0) is 31.7 Å². The summed E-state index contributed by atoms with van der Waals surface area (Å²) in [7, 11) is 0. The minimum Gasteiger partial charge on any atom is -0.436 e. The number of nitrogens with two attached hydrogens (primary N) is 1. The molecule has 0 aliphatic heterocycles. The van der Waals surface area contributed by atoms with Crippen LogP contribution in [0.5, 0.6) is 0 Å². The fourth-order valence-corrected chi connectivity index (χ4v) is 2.04. The third-order valence-corrected chi connectivity index (χ3v) is 3.06. The van der Waals surface area contributed by atoms with Crippen LogP contribution in [-0.2, 0) is 0 Å². The van der Waals surface area contributed by atoms with E-state index in [1.54, 1.807) is 0 Å². The minimum absolute atomic E-state index is 0.120. The molecular formula is C10H10N4O3S.